The minimum absolute atomic E-state index is 0. The molecule has 1 saturated heterocycles. The van der Waals surface area contributed by atoms with E-state index in [0.717, 1.165) is 38.5 Å². The van der Waals surface area contributed by atoms with Gasteiger partial charge in [0.1, 0.15) is 0 Å². The van der Waals surface area contributed by atoms with E-state index >= 15 is 0 Å². The number of alkyl halides is 2. The number of nitrogens with zero attached hydrogens (tertiary/aromatic N) is 3. The Labute approximate surface area is 223 Å². The third kappa shape index (κ3) is 4.41. The van der Waals surface area contributed by atoms with Crippen molar-refractivity contribution in [3.63, 3.8) is 0 Å². The van der Waals surface area contributed by atoms with Crippen LogP contribution in [0.3, 0.4) is 0 Å². The van der Waals surface area contributed by atoms with Crippen molar-refractivity contribution < 1.29 is 21.2 Å². The van der Waals surface area contributed by atoms with Crippen molar-refractivity contribution in [2.24, 2.45) is 0 Å². The number of ether oxygens (including phenoxy) is 1. The number of hydrogen-bond acceptors (Lipinski definition) is 3. The summed E-state index contributed by atoms with van der Waals surface area (Å²) in [6.45, 7) is 3.82. The Morgan fingerprint density at radius 3 is 2.26 bits per heavy atom. The van der Waals surface area contributed by atoms with Crippen molar-refractivity contribution >= 4 is 38.9 Å². The molecule has 4 bridgehead atoms. The van der Waals surface area contributed by atoms with Gasteiger partial charge in [-0.2, -0.15) is 0 Å². The van der Waals surface area contributed by atoms with E-state index in [1.54, 1.807) is 11.9 Å². The van der Waals surface area contributed by atoms with Crippen LogP contribution in [0.25, 0.3) is 33.0 Å². The molecule has 6 rings (SSSR count). The minimum Gasteiger partial charge on any atom is -0.375 e. The second-order valence-corrected chi connectivity index (χ2v) is 10.4. The lowest BCUT2D eigenvalue weighted by atomic mass is 9.94. The number of carbonyl (C=O) groups is 1. The highest BCUT2D eigenvalue weighted by Crippen LogP contribution is 2.36. The number of amides is 1. The van der Waals surface area contributed by atoms with E-state index in [4.69, 9.17) is 4.74 Å². The Hall–Kier alpha value is -3.49. The molecule has 4 aromatic rings. The average Bonchev–Trinajstić information content (AvgIpc) is 3.44. The van der Waals surface area contributed by atoms with Gasteiger partial charge in [0.25, 0.3) is 11.8 Å². The highest BCUT2D eigenvalue weighted by atomic mass is 19.3. The number of allylic oxidation sites excluding steroid dienone is 1. The van der Waals surface area contributed by atoms with E-state index in [0.29, 0.717) is 38.2 Å². The molecule has 202 valence electrons. The Morgan fingerprint density at radius 2 is 1.61 bits per heavy atom. The molecule has 38 heavy (non-hydrogen) atoms. The smallest absolute Gasteiger partial charge is 0.272 e. The zero-order valence-corrected chi connectivity index (χ0v) is 21.7. The fourth-order valence-corrected chi connectivity index (χ4v) is 5.97. The molecule has 1 atom stereocenters. The molecule has 0 aliphatic carbocycles. The molecule has 2 aliphatic rings. The maximum Gasteiger partial charge on any atom is 0.272 e. The number of nitrogens with one attached hydrogen (secondary N) is 1. The van der Waals surface area contributed by atoms with Gasteiger partial charge in [0.15, 0.2) is 0 Å². The zero-order chi connectivity index (χ0) is 26.4. The topological polar surface area (TPSA) is 51.4 Å². The second-order valence-electron chi connectivity index (χ2n) is 10.4. The van der Waals surface area contributed by atoms with Crippen LogP contribution in [-0.4, -0.2) is 65.3 Å². The molecule has 4 heterocycles. The van der Waals surface area contributed by atoms with Gasteiger partial charge in [-0.3, -0.25) is 9.69 Å². The SMILES string of the molecule is CNC(=O)/C1=C(\C)c2cn(c3ccccc23)CC[C@@H](CN2CC(F)(F)C2)OCCn2cc1c1ccccc12.[HH].[HH]. The molecule has 2 aromatic carbocycles. The Balaban J connectivity index is 0.00000185. The van der Waals surface area contributed by atoms with Crippen LogP contribution < -0.4 is 5.32 Å². The number of rotatable bonds is 3. The summed E-state index contributed by atoms with van der Waals surface area (Å²) in [4.78, 5) is 15.2. The summed E-state index contributed by atoms with van der Waals surface area (Å²) < 4.78 is 37.7. The third-order valence-corrected chi connectivity index (χ3v) is 7.83. The molecule has 0 unspecified atom stereocenters. The van der Waals surface area contributed by atoms with Gasteiger partial charge in [-0.05, 0) is 31.1 Å². The molecule has 2 aliphatic heterocycles. The summed E-state index contributed by atoms with van der Waals surface area (Å²) in [6.07, 6.45) is 4.68. The van der Waals surface area contributed by atoms with Crippen LogP contribution in [-0.2, 0) is 22.6 Å². The second kappa shape index (κ2) is 9.67. The predicted molar refractivity (Wildman–Crippen MR) is 150 cm³/mol. The number of carbonyl (C=O) groups excluding carboxylic acids is 1. The number of halogens is 2. The molecule has 1 N–H and O–H groups in total. The van der Waals surface area contributed by atoms with E-state index < -0.39 is 5.92 Å². The number of aryl methyl sites for hydroxylation is 1. The monoisotopic (exact) mass is 522 g/mol. The molecule has 0 spiro atoms. The standard InChI is InChI=1S/C30H32F2N4O2.2H2/c1-20-24-16-35(26-9-5-3-7-22(24)26)12-11-21(15-34-18-30(31,32)19-34)38-14-13-36-17-25(28(20)29(37)33-2)23-8-4-6-10-27(23)36;;/h3-10,16-17,21H,11-15,18-19H2,1-2H3,(H,33,37);2*1H/b28-20+;;/t21-;;/m0../s1. The highest BCUT2D eigenvalue weighted by Gasteiger charge is 2.44. The van der Waals surface area contributed by atoms with Crippen molar-refractivity contribution in [1.82, 2.24) is 19.4 Å². The fourth-order valence-electron chi connectivity index (χ4n) is 5.97. The summed E-state index contributed by atoms with van der Waals surface area (Å²) in [5.41, 5.74) is 5.55. The van der Waals surface area contributed by atoms with E-state index in [9.17, 15) is 13.6 Å². The number of para-hydroxylation sites is 2. The summed E-state index contributed by atoms with van der Waals surface area (Å²) in [5, 5.41) is 4.93. The molecule has 1 fully saturated rings. The fraction of sp³-hybridized carbons (Fsp3) is 0.367. The predicted octanol–water partition coefficient (Wildman–Crippen LogP) is 5.50. The van der Waals surface area contributed by atoms with E-state index in [1.807, 2.05) is 43.5 Å². The number of benzene rings is 2. The van der Waals surface area contributed by atoms with Gasteiger partial charge in [0, 0.05) is 74.9 Å². The molecule has 0 radical (unpaired) electrons. The lowest BCUT2D eigenvalue weighted by Gasteiger charge is -2.40. The first-order chi connectivity index (χ1) is 18.3. The number of hydrogen-bond donors (Lipinski definition) is 1. The zero-order valence-electron chi connectivity index (χ0n) is 21.7. The van der Waals surface area contributed by atoms with E-state index in [1.165, 1.54) is 0 Å². The van der Waals surface area contributed by atoms with Gasteiger partial charge in [-0.1, -0.05) is 36.4 Å². The molecular formula is C30H36F2N4O2. The summed E-state index contributed by atoms with van der Waals surface area (Å²) >= 11 is 0. The highest BCUT2D eigenvalue weighted by molar-refractivity contribution is 6.30. The number of likely N-dealkylation sites (tertiary alicyclic amines) is 1. The quantitative estimate of drug-likeness (QED) is 0.386. The van der Waals surface area contributed by atoms with Crippen molar-refractivity contribution in [1.29, 1.82) is 0 Å². The van der Waals surface area contributed by atoms with Gasteiger partial charge in [-0.25, -0.2) is 8.78 Å². The average molecular weight is 523 g/mol. The number of likely N-dealkylation sites (N-methyl/N-ethyl adjacent to an activating group) is 1. The first-order valence-corrected chi connectivity index (χ1v) is 13.2. The van der Waals surface area contributed by atoms with Crippen molar-refractivity contribution in [3.05, 3.63) is 72.1 Å². The summed E-state index contributed by atoms with van der Waals surface area (Å²) in [7, 11) is 1.67. The molecule has 1 amide bonds. The maximum atomic E-state index is 13.5. The van der Waals surface area contributed by atoms with E-state index in [-0.39, 0.29) is 28.0 Å². The Bertz CT molecular complexity index is 1550. The van der Waals surface area contributed by atoms with Crippen LogP contribution in [0, 0.1) is 0 Å². The molecule has 2 aromatic heterocycles. The number of fused-ring (bicyclic) bond motifs is 10. The number of aromatic nitrogens is 2. The van der Waals surface area contributed by atoms with Crippen LogP contribution >= 0.6 is 0 Å². The Morgan fingerprint density at radius 1 is 1.00 bits per heavy atom. The minimum atomic E-state index is -2.60. The van der Waals surface area contributed by atoms with Gasteiger partial charge < -0.3 is 19.2 Å². The Kier molecular flexibility index (Phi) is 6.32. The van der Waals surface area contributed by atoms with Gasteiger partial charge in [0.05, 0.1) is 31.4 Å². The maximum absolute atomic E-state index is 13.5. The van der Waals surface area contributed by atoms with Crippen LogP contribution in [0.2, 0.25) is 0 Å². The van der Waals surface area contributed by atoms with E-state index in [2.05, 4.69) is 38.8 Å². The third-order valence-electron chi connectivity index (χ3n) is 7.83. The molecular weight excluding hydrogens is 486 g/mol. The van der Waals surface area contributed by atoms with Crippen LogP contribution in [0.5, 0.6) is 0 Å². The van der Waals surface area contributed by atoms with Gasteiger partial charge >= 0.3 is 0 Å². The lowest BCUT2D eigenvalue weighted by Crippen LogP contribution is -2.58. The van der Waals surface area contributed by atoms with Crippen LogP contribution in [0.1, 0.15) is 27.3 Å². The van der Waals surface area contributed by atoms with Crippen molar-refractivity contribution in [3.8, 4) is 0 Å². The normalized spacial score (nSPS) is 22.3. The first-order valence-electron chi connectivity index (χ1n) is 13.2. The largest absolute Gasteiger partial charge is 0.375 e. The van der Waals surface area contributed by atoms with Crippen LogP contribution in [0.15, 0.2) is 60.9 Å². The van der Waals surface area contributed by atoms with Gasteiger partial charge in [0.2, 0.25) is 0 Å². The van der Waals surface area contributed by atoms with Crippen molar-refractivity contribution in [2.75, 3.05) is 33.3 Å². The van der Waals surface area contributed by atoms with Crippen molar-refractivity contribution in [2.45, 2.75) is 38.5 Å². The van der Waals surface area contributed by atoms with Crippen LogP contribution in [0.4, 0.5) is 8.78 Å². The summed E-state index contributed by atoms with van der Waals surface area (Å²) in [5.74, 6) is -2.73. The molecule has 8 heteroatoms. The first kappa shape index (κ1) is 24.8. The lowest BCUT2D eigenvalue weighted by molar-refractivity contribution is -0.143. The summed E-state index contributed by atoms with van der Waals surface area (Å²) in [6, 6.07) is 16.3. The molecule has 6 nitrogen and oxygen atoms in total. The van der Waals surface area contributed by atoms with Gasteiger partial charge in [-0.15, -0.1) is 0 Å². The molecule has 0 saturated carbocycles.